The van der Waals surface area contributed by atoms with Gasteiger partial charge in [-0.3, -0.25) is 11.3 Å². The van der Waals surface area contributed by atoms with Crippen LogP contribution in [0.5, 0.6) is 0 Å². The van der Waals surface area contributed by atoms with E-state index in [1.165, 1.54) is 0 Å². The molecule has 0 bridgehead atoms. The molecule has 1 aliphatic heterocycles. The fourth-order valence-electron chi connectivity index (χ4n) is 3.18. The van der Waals surface area contributed by atoms with Crippen LogP contribution in [0.1, 0.15) is 45.7 Å². The first-order valence-corrected chi connectivity index (χ1v) is 6.91. The van der Waals surface area contributed by atoms with Crippen LogP contribution < -0.4 is 11.3 Å². The summed E-state index contributed by atoms with van der Waals surface area (Å²) in [5.74, 6) is 6.04. The topological polar surface area (TPSA) is 60.2 Å². The molecule has 0 aromatic carbocycles. The van der Waals surface area contributed by atoms with Gasteiger partial charge < -0.3 is 4.74 Å². The molecule has 0 spiro atoms. The van der Waals surface area contributed by atoms with E-state index in [1.807, 2.05) is 12.1 Å². The van der Waals surface area contributed by atoms with Gasteiger partial charge in [0.05, 0.1) is 17.2 Å². The molecule has 19 heavy (non-hydrogen) atoms. The highest BCUT2D eigenvalue weighted by atomic mass is 35.5. The van der Waals surface area contributed by atoms with Gasteiger partial charge in [0.25, 0.3) is 0 Å². The minimum Gasteiger partial charge on any atom is -0.369 e. The summed E-state index contributed by atoms with van der Waals surface area (Å²) in [6, 6.07) is 3.79. The van der Waals surface area contributed by atoms with Gasteiger partial charge in [-0.2, -0.15) is 0 Å². The number of pyridine rings is 1. The van der Waals surface area contributed by atoms with E-state index >= 15 is 0 Å². The molecule has 4 nitrogen and oxygen atoms in total. The Balaban J connectivity index is 2.32. The Labute approximate surface area is 119 Å². The maximum absolute atomic E-state index is 6.14. The Bertz CT molecular complexity index is 462. The fourth-order valence-corrected chi connectivity index (χ4v) is 3.36. The number of hydrogen-bond acceptors (Lipinski definition) is 4. The third-order valence-corrected chi connectivity index (χ3v) is 4.04. The zero-order valence-electron chi connectivity index (χ0n) is 11.9. The monoisotopic (exact) mass is 283 g/mol. The molecule has 2 atom stereocenters. The van der Waals surface area contributed by atoms with Crippen molar-refractivity contribution < 1.29 is 4.74 Å². The second kappa shape index (κ2) is 5.02. The number of nitrogens with two attached hydrogens (primary N) is 1. The van der Waals surface area contributed by atoms with E-state index in [9.17, 15) is 0 Å². The summed E-state index contributed by atoms with van der Waals surface area (Å²) >= 11 is 5.97. The average molecular weight is 284 g/mol. The van der Waals surface area contributed by atoms with Crippen molar-refractivity contribution in [3.63, 3.8) is 0 Å². The van der Waals surface area contributed by atoms with Crippen LogP contribution in [-0.4, -0.2) is 16.2 Å². The second-order valence-electron chi connectivity index (χ2n) is 6.33. The van der Waals surface area contributed by atoms with Crippen molar-refractivity contribution in [1.82, 2.24) is 10.4 Å². The number of ether oxygens (including phenoxy) is 1. The Morgan fingerprint density at radius 2 is 2.16 bits per heavy atom. The first kappa shape index (κ1) is 14.7. The maximum Gasteiger partial charge on any atom is 0.129 e. The van der Waals surface area contributed by atoms with Gasteiger partial charge in [0.1, 0.15) is 5.15 Å². The van der Waals surface area contributed by atoms with Crippen molar-refractivity contribution in [2.75, 3.05) is 0 Å². The lowest BCUT2D eigenvalue weighted by Crippen LogP contribution is -2.41. The van der Waals surface area contributed by atoms with Gasteiger partial charge >= 0.3 is 0 Å². The van der Waals surface area contributed by atoms with Crippen LogP contribution in [0.3, 0.4) is 0 Å². The van der Waals surface area contributed by atoms with Crippen LogP contribution >= 0.6 is 11.6 Å². The molecule has 0 radical (unpaired) electrons. The lowest BCUT2D eigenvalue weighted by molar-refractivity contribution is -0.0779. The molecule has 2 unspecified atom stereocenters. The highest BCUT2D eigenvalue weighted by molar-refractivity contribution is 6.29. The summed E-state index contributed by atoms with van der Waals surface area (Å²) in [5, 5.41) is 0.480. The number of hydrazine groups is 1. The number of rotatable bonds is 3. The number of nitrogens with zero attached hydrogens (tertiary/aromatic N) is 1. The molecule has 5 heteroatoms. The van der Waals surface area contributed by atoms with E-state index < -0.39 is 0 Å². The fraction of sp³-hybridized carbons (Fsp3) is 0.643. The van der Waals surface area contributed by atoms with E-state index in [2.05, 4.69) is 38.1 Å². The van der Waals surface area contributed by atoms with Crippen LogP contribution in [0.25, 0.3) is 0 Å². The smallest absolute Gasteiger partial charge is 0.129 e. The zero-order valence-corrected chi connectivity index (χ0v) is 12.7. The van der Waals surface area contributed by atoms with Crippen molar-refractivity contribution in [2.24, 2.45) is 11.8 Å². The van der Waals surface area contributed by atoms with E-state index in [1.54, 1.807) is 6.20 Å². The maximum atomic E-state index is 6.14. The van der Waals surface area contributed by atoms with Gasteiger partial charge in [-0.25, -0.2) is 4.98 Å². The summed E-state index contributed by atoms with van der Waals surface area (Å²) in [6.45, 7) is 8.45. The highest BCUT2D eigenvalue weighted by Gasteiger charge is 2.49. The SMILES string of the molecule is CC1(C)CC(C(NN)c2ccnc(Cl)c2)C(C)(C)O1. The molecule has 1 aromatic rings. The van der Waals surface area contributed by atoms with Crippen LogP contribution in [0.2, 0.25) is 5.15 Å². The van der Waals surface area contributed by atoms with Crippen LogP contribution in [-0.2, 0) is 4.74 Å². The normalized spacial score (nSPS) is 26.3. The van der Waals surface area contributed by atoms with Crippen molar-refractivity contribution in [1.29, 1.82) is 0 Å². The summed E-state index contributed by atoms with van der Waals surface area (Å²) in [4.78, 5) is 4.01. The predicted octanol–water partition coefficient (Wildman–Crippen LogP) is 2.83. The van der Waals surface area contributed by atoms with Gasteiger partial charge in [-0.15, -0.1) is 0 Å². The molecule has 2 heterocycles. The molecule has 1 aromatic heterocycles. The minimum absolute atomic E-state index is 0.00252. The van der Waals surface area contributed by atoms with Crippen molar-refractivity contribution in [2.45, 2.75) is 51.4 Å². The first-order chi connectivity index (χ1) is 8.75. The Hall–Kier alpha value is -0.680. The summed E-state index contributed by atoms with van der Waals surface area (Å²) in [6.07, 6.45) is 2.64. The van der Waals surface area contributed by atoms with Crippen LogP contribution in [0, 0.1) is 5.92 Å². The van der Waals surface area contributed by atoms with E-state index in [0.29, 0.717) is 5.15 Å². The minimum atomic E-state index is -0.240. The van der Waals surface area contributed by atoms with E-state index in [4.69, 9.17) is 22.2 Å². The van der Waals surface area contributed by atoms with Gasteiger partial charge in [0.15, 0.2) is 0 Å². The van der Waals surface area contributed by atoms with Gasteiger partial charge in [-0.1, -0.05) is 11.6 Å². The third kappa shape index (κ3) is 3.08. The molecule has 106 valence electrons. The zero-order chi connectivity index (χ0) is 14.3. The van der Waals surface area contributed by atoms with Gasteiger partial charge in [0, 0.05) is 12.1 Å². The van der Waals surface area contributed by atoms with Gasteiger partial charge in [0.2, 0.25) is 0 Å². The Kier molecular flexibility index (Phi) is 3.89. The summed E-state index contributed by atoms with van der Waals surface area (Å²) in [5.41, 5.74) is 3.58. The first-order valence-electron chi connectivity index (χ1n) is 6.53. The third-order valence-electron chi connectivity index (χ3n) is 3.84. The molecule has 0 amide bonds. The number of halogens is 1. The van der Waals surface area contributed by atoms with E-state index in [0.717, 1.165) is 12.0 Å². The molecular weight excluding hydrogens is 262 g/mol. The number of hydrogen-bond donors (Lipinski definition) is 2. The van der Waals surface area contributed by atoms with Crippen molar-refractivity contribution >= 4 is 11.6 Å². The molecule has 0 aliphatic carbocycles. The molecule has 3 N–H and O–H groups in total. The van der Waals surface area contributed by atoms with Crippen LogP contribution in [0.15, 0.2) is 18.3 Å². The lowest BCUT2D eigenvalue weighted by Gasteiger charge is -2.32. The average Bonchev–Trinajstić information content (AvgIpc) is 2.48. The number of nitrogens with one attached hydrogen (secondary N) is 1. The largest absolute Gasteiger partial charge is 0.369 e. The Morgan fingerprint density at radius 3 is 2.63 bits per heavy atom. The molecule has 1 saturated heterocycles. The molecule has 0 saturated carbocycles. The van der Waals surface area contributed by atoms with Gasteiger partial charge in [-0.05, 0) is 51.8 Å². The quantitative estimate of drug-likeness (QED) is 0.509. The lowest BCUT2D eigenvalue weighted by atomic mass is 9.79. The summed E-state index contributed by atoms with van der Waals surface area (Å²) < 4.78 is 6.14. The van der Waals surface area contributed by atoms with Crippen molar-refractivity contribution in [3.05, 3.63) is 29.0 Å². The second-order valence-corrected chi connectivity index (χ2v) is 6.72. The highest BCUT2D eigenvalue weighted by Crippen LogP contribution is 2.47. The molecule has 2 rings (SSSR count). The Morgan fingerprint density at radius 1 is 1.47 bits per heavy atom. The standard InChI is InChI=1S/C14H22ClN3O/c1-13(2)8-10(14(3,4)19-13)12(18-16)9-5-6-17-11(15)7-9/h5-7,10,12,18H,8,16H2,1-4H3. The van der Waals surface area contributed by atoms with Crippen molar-refractivity contribution in [3.8, 4) is 0 Å². The molecular formula is C14H22ClN3O. The number of aromatic nitrogens is 1. The van der Waals surface area contributed by atoms with E-state index in [-0.39, 0.29) is 23.2 Å². The molecule has 1 aliphatic rings. The van der Waals surface area contributed by atoms with Crippen LogP contribution in [0.4, 0.5) is 0 Å². The predicted molar refractivity (Wildman–Crippen MR) is 76.7 cm³/mol. The summed E-state index contributed by atoms with van der Waals surface area (Å²) in [7, 11) is 0. The molecule has 1 fully saturated rings.